The molecule has 0 amide bonds. The summed E-state index contributed by atoms with van der Waals surface area (Å²) in [4.78, 5) is 0. The number of hydrogen-bond donors (Lipinski definition) is 1. The highest BCUT2D eigenvalue weighted by molar-refractivity contribution is 6.80. The molecule has 14 heavy (non-hydrogen) atoms. The van der Waals surface area contributed by atoms with Crippen LogP contribution in [0.3, 0.4) is 0 Å². The van der Waals surface area contributed by atoms with Crippen LogP contribution in [0.2, 0.25) is 38.8 Å². The third kappa shape index (κ3) is 4.25. The second-order valence-electron chi connectivity index (χ2n) is 5.97. The normalized spacial score (nSPS) is 18.0. The number of hydrogen-bond acceptors (Lipinski definition) is 2. The molecular weight excluding hydrogens is 206 g/mol. The van der Waals surface area contributed by atoms with E-state index in [9.17, 15) is 0 Å². The Kier molecular flexibility index (Phi) is 4.58. The van der Waals surface area contributed by atoms with Crippen molar-refractivity contribution >= 4 is 16.4 Å². The molecule has 1 unspecified atom stereocenters. The van der Waals surface area contributed by atoms with Crippen LogP contribution >= 0.6 is 0 Å². The molecule has 0 aromatic heterocycles. The van der Waals surface area contributed by atoms with Gasteiger partial charge in [-0.05, 0) is 26.1 Å². The van der Waals surface area contributed by atoms with E-state index in [1.54, 1.807) is 0 Å². The van der Waals surface area contributed by atoms with Crippen molar-refractivity contribution in [1.29, 1.82) is 0 Å². The van der Waals surface area contributed by atoms with Gasteiger partial charge < -0.3 is 10.2 Å². The molecule has 0 heterocycles. The molecular formula is C10H27NOSi2. The van der Waals surface area contributed by atoms with Gasteiger partial charge >= 0.3 is 0 Å². The van der Waals surface area contributed by atoms with Crippen molar-refractivity contribution in [2.75, 3.05) is 0 Å². The zero-order valence-electron chi connectivity index (χ0n) is 10.9. The maximum Gasteiger partial charge on any atom is 0.188 e. The predicted molar refractivity (Wildman–Crippen MR) is 69.6 cm³/mol. The van der Waals surface area contributed by atoms with Crippen molar-refractivity contribution in [3.05, 3.63) is 0 Å². The molecule has 2 nitrogen and oxygen atoms in total. The van der Waals surface area contributed by atoms with Crippen molar-refractivity contribution in [3.8, 4) is 0 Å². The molecule has 0 spiro atoms. The van der Waals surface area contributed by atoms with E-state index in [-0.39, 0.29) is 5.35 Å². The van der Waals surface area contributed by atoms with E-state index in [4.69, 9.17) is 10.2 Å². The second kappa shape index (κ2) is 4.47. The third-order valence-electron chi connectivity index (χ3n) is 2.83. The minimum Gasteiger partial charge on any atom is -0.403 e. The van der Waals surface area contributed by atoms with Crippen LogP contribution in [0.1, 0.15) is 20.3 Å². The first-order chi connectivity index (χ1) is 6.02. The summed E-state index contributed by atoms with van der Waals surface area (Å²) < 4.78 is 6.21. The molecule has 0 aliphatic rings. The summed E-state index contributed by atoms with van der Waals surface area (Å²) in [6.07, 6.45) is 1.20. The van der Waals surface area contributed by atoms with Gasteiger partial charge in [-0.2, -0.15) is 0 Å². The molecule has 0 radical (unpaired) electrons. The maximum atomic E-state index is 6.28. The van der Waals surface area contributed by atoms with Gasteiger partial charge in [-0.25, -0.2) is 0 Å². The van der Waals surface area contributed by atoms with Crippen molar-refractivity contribution in [2.24, 2.45) is 5.73 Å². The standard InChI is InChI=1S/C10H27NOSi2/c1-8-9-14(6,7)12-10(2,11)13(3,4)5/h8-9,11H2,1-7H3. The lowest BCUT2D eigenvalue weighted by molar-refractivity contribution is 0.161. The van der Waals surface area contributed by atoms with E-state index >= 15 is 0 Å². The molecule has 0 bridgehead atoms. The van der Waals surface area contributed by atoms with Crippen molar-refractivity contribution in [3.63, 3.8) is 0 Å². The third-order valence-corrected chi connectivity index (χ3v) is 8.79. The highest BCUT2D eigenvalue weighted by Gasteiger charge is 2.40. The Morgan fingerprint density at radius 3 is 1.86 bits per heavy atom. The average molecular weight is 234 g/mol. The average Bonchev–Trinajstić information content (AvgIpc) is 1.80. The van der Waals surface area contributed by atoms with Crippen molar-refractivity contribution in [2.45, 2.75) is 64.4 Å². The molecule has 0 rings (SSSR count). The van der Waals surface area contributed by atoms with Gasteiger partial charge in [0.2, 0.25) is 0 Å². The molecule has 0 aromatic carbocycles. The number of nitrogens with two attached hydrogens (primary N) is 1. The van der Waals surface area contributed by atoms with E-state index < -0.39 is 16.4 Å². The van der Waals surface area contributed by atoms with Crippen LogP contribution in [0.15, 0.2) is 0 Å². The van der Waals surface area contributed by atoms with Gasteiger partial charge in [-0.1, -0.05) is 33.0 Å². The van der Waals surface area contributed by atoms with Gasteiger partial charge in [0.05, 0.1) is 13.4 Å². The molecule has 0 saturated heterocycles. The van der Waals surface area contributed by atoms with Crippen LogP contribution in [-0.4, -0.2) is 21.7 Å². The topological polar surface area (TPSA) is 35.2 Å². The summed E-state index contributed by atoms with van der Waals surface area (Å²) in [6.45, 7) is 15.6. The van der Waals surface area contributed by atoms with Crippen LogP contribution in [0.4, 0.5) is 0 Å². The zero-order chi connectivity index (χ0) is 11.6. The van der Waals surface area contributed by atoms with E-state index in [2.05, 4.69) is 46.6 Å². The summed E-state index contributed by atoms with van der Waals surface area (Å²) in [7, 11) is -2.97. The minimum atomic E-state index is -1.54. The second-order valence-corrected chi connectivity index (χ2v) is 15.7. The lowest BCUT2D eigenvalue weighted by Crippen LogP contribution is -2.63. The Morgan fingerprint density at radius 2 is 1.57 bits per heavy atom. The zero-order valence-corrected chi connectivity index (χ0v) is 12.9. The monoisotopic (exact) mass is 233 g/mol. The summed E-state index contributed by atoms with van der Waals surface area (Å²) in [6, 6.07) is 1.20. The first-order valence-electron chi connectivity index (χ1n) is 5.51. The summed E-state index contributed by atoms with van der Waals surface area (Å²) in [5.74, 6) is 0. The lowest BCUT2D eigenvalue weighted by atomic mass is 10.6. The lowest BCUT2D eigenvalue weighted by Gasteiger charge is -2.42. The highest BCUT2D eigenvalue weighted by atomic mass is 28.4. The minimum absolute atomic E-state index is 0.377. The van der Waals surface area contributed by atoms with Gasteiger partial charge in [0.25, 0.3) is 0 Å². The van der Waals surface area contributed by atoms with Crippen LogP contribution in [-0.2, 0) is 4.43 Å². The predicted octanol–water partition coefficient (Wildman–Crippen LogP) is 3.17. The summed E-state index contributed by atoms with van der Waals surface area (Å²) >= 11 is 0. The van der Waals surface area contributed by atoms with Crippen molar-refractivity contribution in [1.82, 2.24) is 0 Å². The fourth-order valence-electron chi connectivity index (χ4n) is 1.38. The van der Waals surface area contributed by atoms with E-state index in [1.165, 1.54) is 12.5 Å². The maximum absolute atomic E-state index is 6.28. The first kappa shape index (κ1) is 14.4. The Morgan fingerprint density at radius 1 is 1.14 bits per heavy atom. The Hall–Kier alpha value is 0.354. The molecule has 86 valence electrons. The van der Waals surface area contributed by atoms with Gasteiger partial charge in [0.1, 0.15) is 0 Å². The molecule has 4 heteroatoms. The van der Waals surface area contributed by atoms with Crippen LogP contribution < -0.4 is 5.73 Å². The van der Waals surface area contributed by atoms with E-state index in [0.717, 1.165) is 0 Å². The molecule has 0 aromatic rings. The SMILES string of the molecule is CCC[Si](C)(C)OC(C)(N)[Si](C)(C)C. The van der Waals surface area contributed by atoms with Gasteiger partial charge in [-0.3, -0.25) is 0 Å². The highest BCUT2D eigenvalue weighted by Crippen LogP contribution is 2.26. The van der Waals surface area contributed by atoms with Gasteiger partial charge in [0, 0.05) is 0 Å². The van der Waals surface area contributed by atoms with Crippen LogP contribution in [0.5, 0.6) is 0 Å². The number of rotatable bonds is 5. The fraction of sp³-hybridized carbons (Fsp3) is 1.00. The largest absolute Gasteiger partial charge is 0.403 e. The molecule has 0 fully saturated rings. The van der Waals surface area contributed by atoms with E-state index in [1.807, 2.05) is 0 Å². The molecule has 0 aliphatic carbocycles. The molecule has 0 saturated carbocycles. The Bertz CT molecular complexity index is 185. The molecule has 2 N–H and O–H groups in total. The smallest absolute Gasteiger partial charge is 0.188 e. The van der Waals surface area contributed by atoms with Gasteiger partial charge in [-0.15, -0.1) is 0 Å². The summed E-state index contributed by atoms with van der Waals surface area (Å²) in [5.41, 5.74) is 6.28. The van der Waals surface area contributed by atoms with Crippen LogP contribution in [0, 0.1) is 0 Å². The Labute approximate surface area is 91.4 Å². The molecule has 0 aliphatic heterocycles. The fourth-order valence-corrected chi connectivity index (χ4v) is 5.89. The van der Waals surface area contributed by atoms with E-state index in [0.29, 0.717) is 0 Å². The molecule has 1 atom stereocenters. The Balaban J connectivity index is 4.50. The van der Waals surface area contributed by atoms with Gasteiger partial charge in [0.15, 0.2) is 8.32 Å². The van der Waals surface area contributed by atoms with Crippen molar-refractivity contribution < 1.29 is 4.43 Å². The van der Waals surface area contributed by atoms with Crippen LogP contribution in [0.25, 0.3) is 0 Å². The first-order valence-corrected chi connectivity index (χ1v) is 12.1. The quantitative estimate of drug-likeness (QED) is 0.585. The summed E-state index contributed by atoms with van der Waals surface area (Å²) in [5, 5.41) is -0.377.